The molecule has 0 unspecified atom stereocenters. The second-order valence-electron chi connectivity index (χ2n) is 5.92. The Morgan fingerprint density at radius 3 is 2.95 bits per heavy atom. The van der Waals surface area contributed by atoms with Gasteiger partial charge in [-0.2, -0.15) is 0 Å². The van der Waals surface area contributed by atoms with Gasteiger partial charge in [-0.25, -0.2) is 9.37 Å². The van der Waals surface area contributed by atoms with Crippen LogP contribution in [0, 0.1) is 5.82 Å². The molecule has 0 amide bonds. The molecule has 3 heterocycles. The molecule has 0 aromatic carbocycles. The molecular weight excluding hydrogens is 269 g/mol. The zero-order valence-corrected chi connectivity index (χ0v) is 11.8. The van der Waals surface area contributed by atoms with Gasteiger partial charge in [-0.15, -0.1) is 10.2 Å². The lowest BCUT2D eigenvalue weighted by Crippen LogP contribution is -2.36. The van der Waals surface area contributed by atoms with Crippen molar-refractivity contribution in [2.45, 2.75) is 37.6 Å². The van der Waals surface area contributed by atoms with Crippen LogP contribution >= 0.6 is 0 Å². The van der Waals surface area contributed by atoms with Gasteiger partial charge >= 0.3 is 0 Å². The van der Waals surface area contributed by atoms with E-state index in [0.29, 0.717) is 17.8 Å². The Kier molecular flexibility index (Phi) is 3.09. The van der Waals surface area contributed by atoms with Crippen LogP contribution < -0.4 is 4.90 Å². The standard InChI is InChI=1S/C15H18FN5/c16-13-4-1-7-17-15(13)20-8-2-3-11(9-20)14-19-18-10-21(14)12-5-6-12/h1,4,7,10-12H,2-3,5-6,8-9H2/t11-/m0/s1. The SMILES string of the molecule is Fc1cccnc1N1CCC[C@H](c2nncn2C2CC2)C1. The van der Waals surface area contributed by atoms with Gasteiger partial charge in [-0.05, 0) is 37.8 Å². The topological polar surface area (TPSA) is 46.8 Å². The molecule has 0 N–H and O–H groups in total. The Balaban J connectivity index is 1.58. The molecule has 110 valence electrons. The Morgan fingerprint density at radius 2 is 2.14 bits per heavy atom. The molecule has 0 bridgehead atoms. The highest BCUT2D eigenvalue weighted by molar-refractivity contribution is 5.40. The zero-order valence-electron chi connectivity index (χ0n) is 11.8. The fourth-order valence-corrected chi connectivity index (χ4v) is 3.17. The summed E-state index contributed by atoms with van der Waals surface area (Å²) >= 11 is 0. The third-order valence-electron chi connectivity index (χ3n) is 4.37. The summed E-state index contributed by atoms with van der Waals surface area (Å²) in [4.78, 5) is 6.23. The maximum Gasteiger partial charge on any atom is 0.165 e. The molecule has 4 rings (SSSR count). The highest BCUT2D eigenvalue weighted by atomic mass is 19.1. The quantitative estimate of drug-likeness (QED) is 0.870. The number of hydrogen-bond donors (Lipinski definition) is 0. The largest absolute Gasteiger partial charge is 0.353 e. The van der Waals surface area contributed by atoms with E-state index in [4.69, 9.17) is 0 Å². The molecule has 21 heavy (non-hydrogen) atoms. The van der Waals surface area contributed by atoms with Crippen LogP contribution in [0.5, 0.6) is 0 Å². The Bertz CT molecular complexity index is 636. The minimum atomic E-state index is -0.248. The second kappa shape index (κ2) is 5.09. The van der Waals surface area contributed by atoms with E-state index in [1.165, 1.54) is 18.9 Å². The van der Waals surface area contributed by atoms with E-state index in [1.807, 2.05) is 11.2 Å². The van der Waals surface area contributed by atoms with Crippen molar-refractivity contribution in [2.75, 3.05) is 18.0 Å². The third kappa shape index (κ3) is 2.39. The first-order valence-electron chi connectivity index (χ1n) is 7.58. The van der Waals surface area contributed by atoms with Gasteiger partial charge in [0.05, 0.1) is 0 Å². The Labute approximate surface area is 122 Å². The highest BCUT2D eigenvalue weighted by Crippen LogP contribution is 2.38. The Hall–Kier alpha value is -1.98. The average molecular weight is 287 g/mol. The predicted octanol–water partition coefficient (Wildman–Crippen LogP) is 2.53. The van der Waals surface area contributed by atoms with Gasteiger partial charge in [0.1, 0.15) is 12.2 Å². The van der Waals surface area contributed by atoms with Gasteiger partial charge in [0.15, 0.2) is 11.6 Å². The molecule has 1 atom stereocenters. The predicted molar refractivity (Wildman–Crippen MR) is 76.7 cm³/mol. The lowest BCUT2D eigenvalue weighted by Gasteiger charge is -2.33. The molecule has 2 fully saturated rings. The van der Waals surface area contributed by atoms with E-state index in [9.17, 15) is 4.39 Å². The zero-order chi connectivity index (χ0) is 14.2. The summed E-state index contributed by atoms with van der Waals surface area (Å²) in [5, 5.41) is 8.40. The lowest BCUT2D eigenvalue weighted by molar-refractivity contribution is 0.463. The summed E-state index contributed by atoms with van der Waals surface area (Å²) < 4.78 is 16.1. The molecule has 1 aliphatic carbocycles. The highest BCUT2D eigenvalue weighted by Gasteiger charge is 2.32. The van der Waals surface area contributed by atoms with Gasteiger partial charge in [0.25, 0.3) is 0 Å². The smallest absolute Gasteiger partial charge is 0.165 e. The number of nitrogens with zero attached hydrogens (tertiary/aromatic N) is 5. The number of rotatable bonds is 3. The normalized spacial score (nSPS) is 22.5. The van der Waals surface area contributed by atoms with Crippen LogP contribution in [0.15, 0.2) is 24.7 Å². The van der Waals surface area contributed by atoms with Crippen LogP contribution in [0.2, 0.25) is 0 Å². The van der Waals surface area contributed by atoms with E-state index >= 15 is 0 Å². The van der Waals surface area contributed by atoms with E-state index in [-0.39, 0.29) is 5.82 Å². The number of halogens is 1. The van der Waals surface area contributed by atoms with Crippen LogP contribution in [0.3, 0.4) is 0 Å². The number of pyridine rings is 1. The maximum absolute atomic E-state index is 13.9. The van der Waals surface area contributed by atoms with Crippen molar-refractivity contribution >= 4 is 5.82 Å². The summed E-state index contributed by atoms with van der Waals surface area (Å²) in [7, 11) is 0. The van der Waals surface area contributed by atoms with Crippen molar-refractivity contribution in [1.29, 1.82) is 0 Å². The fraction of sp³-hybridized carbons (Fsp3) is 0.533. The summed E-state index contributed by atoms with van der Waals surface area (Å²) in [6.07, 6.45) is 8.03. The molecule has 5 nitrogen and oxygen atoms in total. The number of aromatic nitrogens is 4. The summed E-state index contributed by atoms with van der Waals surface area (Å²) in [5.41, 5.74) is 0. The maximum atomic E-state index is 13.9. The number of piperidine rings is 1. The van der Waals surface area contributed by atoms with E-state index in [1.54, 1.807) is 12.3 Å². The fourth-order valence-electron chi connectivity index (χ4n) is 3.17. The van der Waals surface area contributed by atoms with Crippen LogP contribution in [-0.2, 0) is 0 Å². The van der Waals surface area contributed by atoms with E-state index in [2.05, 4.69) is 19.7 Å². The van der Waals surface area contributed by atoms with Crippen molar-refractivity contribution in [3.8, 4) is 0 Å². The van der Waals surface area contributed by atoms with Gasteiger partial charge in [-0.3, -0.25) is 0 Å². The minimum Gasteiger partial charge on any atom is -0.353 e. The number of anilines is 1. The van der Waals surface area contributed by atoms with Crippen LogP contribution in [0.25, 0.3) is 0 Å². The summed E-state index contributed by atoms with van der Waals surface area (Å²) in [6.45, 7) is 1.61. The summed E-state index contributed by atoms with van der Waals surface area (Å²) in [5.74, 6) is 1.57. The van der Waals surface area contributed by atoms with Crippen molar-refractivity contribution in [2.24, 2.45) is 0 Å². The lowest BCUT2D eigenvalue weighted by atomic mass is 9.97. The van der Waals surface area contributed by atoms with Gasteiger partial charge in [0, 0.05) is 31.2 Å². The Morgan fingerprint density at radius 1 is 1.24 bits per heavy atom. The molecule has 0 radical (unpaired) electrons. The minimum absolute atomic E-state index is 0.248. The van der Waals surface area contributed by atoms with Crippen molar-refractivity contribution in [1.82, 2.24) is 19.7 Å². The molecule has 0 spiro atoms. The van der Waals surface area contributed by atoms with E-state index in [0.717, 1.165) is 31.8 Å². The van der Waals surface area contributed by atoms with E-state index < -0.39 is 0 Å². The van der Waals surface area contributed by atoms with Gasteiger partial charge in [0.2, 0.25) is 0 Å². The molecule has 2 aliphatic rings. The third-order valence-corrected chi connectivity index (χ3v) is 4.37. The van der Waals surface area contributed by atoms with Crippen molar-refractivity contribution in [3.63, 3.8) is 0 Å². The molecule has 1 saturated heterocycles. The molecule has 6 heteroatoms. The van der Waals surface area contributed by atoms with Gasteiger partial charge in [-0.1, -0.05) is 0 Å². The van der Waals surface area contributed by atoms with Crippen molar-refractivity contribution < 1.29 is 4.39 Å². The van der Waals surface area contributed by atoms with Crippen LogP contribution in [0.1, 0.15) is 43.5 Å². The van der Waals surface area contributed by atoms with Crippen LogP contribution in [0.4, 0.5) is 10.2 Å². The molecular formula is C15H18FN5. The van der Waals surface area contributed by atoms with Gasteiger partial charge < -0.3 is 9.47 Å². The second-order valence-corrected chi connectivity index (χ2v) is 5.92. The molecule has 1 saturated carbocycles. The monoisotopic (exact) mass is 287 g/mol. The summed E-state index contributed by atoms with van der Waals surface area (Å²) in [6, 6.07) is 3.68. The van der Waals surface area contributed by atoms with Crippen LogP contribution in [-0.4, -0.2) is 32.8 Å². The molecule has 2 aromatic heterocycles. The number of hydrogen-bond acceptors (Lipinski definition) is 4. The molecule has 1 aliphatic heterocycles. The first-order valence-corrected chi connectivity index (χ1v) is 7.58. The molecule has 2 aromatic rings. The average Bonchev–Trinajstić information content (AvgIpc) is 3.25. The van der Waals surface area contributed by atoms with Crippen molar-refractivity contribution in [3.05, 3.63) is 36.3 Å². The first-order chi connectivity index (χ1) is 10.3. The first kappa shape index (κ1) is 12.7.